The summed E-state index contributed by atoms with van der Waals surface area (Å²) in [5.41, 5.74) is 17.1. The van der Waals surface area contributed by atoms with Crippen molar-refractivity contribution in [3.05, 3.63) is 16.1 Å². The molecular formula is C14H22N8O3S. The number of hydrogen-bond donors (Lipinski definition) is 5. The van der Waals surface area contributed by atoms with Gasteiger partial charge in [0.05, 0.1) is 23.3 Å². The van der Waals surface area contributed by atoms with Gasteiger partial charge in [0.2, 0.25) is 11.9 Å². The second kappa shape index (κ2) is 8.69. The number of amides is 4. The van der Waals surface area contributed by atoms with E-state index in [0.717, 1.165) is 5.01 Å². The number of rotatable bonds is 6. The van der Waals surface area contributed by atoms with Gasteiger partial charge in [-0.25, -0.2) is 14.8 Å². The quantitative estimate of drug-likeness (QED) is 0.380. The number of nitrogens with one attached hydrogen (secondary N) is 2. The second-order valence-corrected chi connectivity index (χ2v) is 6.65. The number of aromatic nitrogens is 1. The van der Waals surface area contributed by atoms with E-state index in [4.69, 9.17) is 17.2 Å². The van der Waals surface area contributed by atoms with Crippen molar-refractivity contribution in [2.45, 2.75) is 24.9 Å². The van der Waals surface area contributed by atoms with E-state index >= 15 is 0 Å². The van der Waals surface area contributed by atoms with E-state index in [1.807, 2.05) is 5.38 Å². The molecule has 1 unspecified atom stereocenters. The molecule has 11 nitrogen and oxygen atoms in total. The first-order valence-electron chi connectivity index (χ1n) is 7.89. The molecule has 0 spiro atoms. The summed E-state index contributed by atoms with van der Waals surface area (Å²) in [4.78, 5) is 45.0. The van der Waals surface area contributed by atoms with E-state index in [1.165, 1.54) is 23.3 Å². The third kappa shape index (κ3) is 4.97. The zero-order valence-electron chi connectivity index (χ0n) is 14.3. The van der Waals surface area contributed by atoms with Crippen LogP contribution in [-0.4, -0.2) is 59.9 Å². The molecule has 2 rings (SSSR count). The third-order valence-electron chi connectivity index (χ3n) is 3.77. The van der Waals surface area contributed by atoms with E-state index in [2.05, 4.69) is 20.6 Å². The highest BCUT2D eigenvalue weighted by Crippen LogP contribution is 2.19. The summed E-state index contributed by atoms with van der Waals surface area (Å²) in [6.45, 7) is 0.504. The van der Waals surface area contributed by atoms with Crippen LogP contribution in [0.15, 0.2) is 10.4 Å². The smallest absolute Gasteiger partial charge is 0.318 e. The first-order valence-corrected chi connectivity index (χ1v) is 8.77. The number of thiazole rings is 1. The largest absolute Gasteiger partial charge is 0.351 e. The van der Waals surface area contributed by atoms with Gasteiger partial charge in [-0.1, -0.05) is 0 Å². The van der Waals surface area contributed by atoms with Gasteiger partial charge in [-0.3, -0.25) is 20.2 Å². The summed E-state index contributed by atoms with van der Waals surface area (Å²) in [6, 6.07) is -2.21. The minimum Gasteiger partial charge on any atom is -0.351 e. The van der Waals surface area contributed by atoms with E-state index in [9.17, 15) is 14.4 Å². The highest BCUT2D eigenvalue weighted by molar-refractivity contribution is 7.09. The molecule has 4 amide bonds. The molecule has 1 aliphatic heterocycles. The monoisotopic (exact) mass is 382 g/mol. The van der Waals surface area contributed by atoms with Crippen molar-refractivity contribution >= 4 is 35.1 Å². The van der Waals surface area contributed by atoms with Gasteiger partial charge in [-0.05, 0) is 6.54 Å². The lowest BCUT2D eigenvalue weighted by atomic mass is 10.1. The average Bonchev–Trinajstić information content (AvgIpc) is 3.03. The predicted molar refractivity (Wildman–Crippen MR) is 96.1 cm³/mol. The number of carbonyl (C=O) groups excluding carboxylic acids is 3. The predicted octanol–water partition coefficient (Wildman–Crippen LogP) is -1.98. The Bertz CT molecular complexity index is 719. The standard InChI is InChI=1S/C14H22N8O3S/c1-22(9-5-18-14(20-12(9)24)21-13(17)25)11(23)4-7(16)8-6-26-10(19-8)2-3-15/h6-7,9H,2-5,15-16H2,1H3,(H4,17,18,20,21,24,25)/t7-,9?/m0/s1. The zero-order chi connectivity index (χ0) is 19.3. The molecule has 26 heavy (non-hydrogen) atoms. The molecule has 0 saturated heterocycles. The summed E-state index contributed by atoms with van der Waals surface area (Å²) in [6.07, 6.45) is 0.662. The summed E-state index contributed by atoms with van der Waals surface area (Å²) in [7, 11) is 1.50. The molecule has 2 atom stereocenters. The Kier molecular flexibility index (Phi) is 6.60. The first kappa shape index (κ1) is 19.8. The highest BCUT2D eigenvalue weighted by atomic mass is 32.1. The normalized spacial score (nSPS) is 17.9. The Morgan fingerprint density at radius 3 is 2.88 bits per heavy atom. The lowest BCUT2D eigenvalue weighted by Gasteiger charge is -2.29. The number of urea groups is 1. The maximum Gasteiger partial charge on any atom is 0.318 e. The Labute approximate surface area is 154 Å². The first-order chi connectivity index (χ1) is 12.3. The maximum atomic E-state index is 12.4. The molecule has 0 fully saturated rings. The lowest BCUT2D eigenvalue weighted by molar-refractivity contribution is -0.138. The number of guanidine groups is 1. The van der Waals surface area contributed by atoms with Gasteiger partial charge in [0, 0.05) is 25.3 Å². The topological polar surface area (TPSA) is 182 Å². The molecule has 8 N–H and O–H groups in total. The van der Waals surface area contributed by atoms with Crippen molar-refractivity contribution in [2.75, 3.05) is 20.1 Å². The van der Waals surface area contributed by atoms with Crippen molar-refractivity contribution in [1.82, 2.24) is 20.5 Å². The average molecular weight is 382 g/mol. The fourth-order valence-corrected chi connectivity index (χ4v) is 3.21. The van der Waals surface area contributed by atoms with Gasteiger partial charge in [0.15, 0.2) is 0 Å². The molecule has 0 saturated carbocycles. The van der Waals surface area contributed by atoms with Gasteiger partial charge in [0.1, 0.15) is 6.04 Å². The van der Waals surface area contributed by atoms with Crippen molar-refractivity contribution in [3.8, 4) is 0 Å². The summed E-state index contributed by atoms with van der Waals surface area (Å²) < 4.78 is 0. The molecule has 2 heterocycles. The van der Waals surface area contributed by atoms with Crippen LogP contribution in [0.1, 0.15) is 23.2 Å². The molecule has 1 aromatic heterocycles. The summed E-state index contributed by atoms with van der Waals surface area (Å²) >= 11 is 1.45. The molecule has 142 valence electrons. The van der Waals surface area contributed by atoms with E-state index in [0.29, 0.717) is 18.7 Å². The van der Waals surface area contributed by atoms with E-state index in [-0.39, 0.29) is 24.8 Å². The van der Waals surface area contributed by atoms with Crippen LogP contribution >= 0.6 is 11.3 Å². The van der Waals surface area contributed by atoms with Crippen molar-refractivity contribution < 1.29 is 14.4 Å². The SMILES string of the molecule is CN(C(=O)C[C@H](N)c1csc(CCN)n1)C1CN=C(NC(N)=O)NC1=O. The molecule has 1 aromatic rings. The third-order valence-corrected chi connectivity index (χ3v) is 4.70. The lowest BCUT2D eigenvalue weighted by Crippen LogP contribution is -2.58. The molecule has 0 bridgehead atoms. The number of nitrogens with zero attached hydrogens (tertiary/aromatic N) is 3. The molecule has 0 radical (unpaired) electrons. The van der Waals surface area contributed by atoms with Crippen LogP contribution in [-0.2, 0) is 16.0 Å². The van der Waals surface area contributed by atoms with Crippen LogP contribution in [0.4, 0.5) is 4.79 Å². The highest BCUT2D eigenvalue weighted by Gasteiger charge is 2.31. The Morgan fingerprint density at radius 2 is 2.27 bits per heavy atom. The minimum absolute atomic E-state index is 0.00217. The van der Waals surface area contributed by atoms with Crippen LogP contribution in [0, 0.1) is 0 Å². The van der Waals surface area contributed by atoms with Gasteiger partial charge < -0.3 is 22.1 Å². The number of primary amides is 1. The van der Waals surface area contributed by atoms with E-state index < -0.39 is 24.0 Å². The van der Waals surface area contributed by atoms with Gasteiger partial charge in [-0.15, -0.1) is 11.3 Å². The fraction of sp³-hybridized carbons (Fsp3) is 0.500. The van der Waals surface area contributed by atoms with Crippen molar-refractivity contribution in [2.24, 2.45) is 22.2 Å². The minimum atomic E-state index is -0.838. The Morgan fingerprint density at radius 1 is 1.54 bits per heavy atom. The zero-order valence-corrected chi connectivity index (χ0v) is 15.1. The molecule has 0 aliphatic carbocycles. The number of likely N-dealkylation sites (N-methyl/N-ethyl adjacent to an activating group) is 1. The number of carbonyl (C=O) groups is 3. The maximum absolute atomic E-state index is 12.4. The summed E-state index contributed by atoms with van der Waals surface area (Å²) in [5.74, 6) is -0.814. The number of aliphatic imine (C=N–C) groups is 1. The van der Waals surface area contributed by atoms with Crippen LogP contribution in [0.25, 0.3) is 0 Å². The van der Waals surface area contributed by atoms with Crippen LogP contribution in [0.5, 0.6) is 0 Å². The van der Waals surface area contributed by atoms with Crippen molar-refractivity contribution in [1.29, 1.82) is 0 Å². The van der Waals surface area contributed by atoms with Crippen LogP contribution in [0.2, 0.25) is 0 Å². The molecule has 0 aromatic carbocycles. The Hall–Kier alpha value is -2.57. The van der Waals surface area contributed by atoms with Gasteiger partial charge in [0.25, 0.3) is 5.91 Å². The number of nitrogens with two attached hydrogens (primary N) is 3. The van der Waals surface area contributed by atoms with Gasteiger partial charge in [-0.2, -0.15) is 0 Å². The van der Waals surface area contributed by atoms with Crippen LogP contribution < -0.4 is 27.8 Å². The number of hydrogen-bond acceptors (Lipinski definition) is 8. The van der Waals surface area contributed by atoms with E-state index in [1.54, 1.807) is 0 Å². The van der Waals surface area contributed by atoms with Crippen LogP contribution in [0.3, 0.4) is 0 Å². The second-order valence-electron chi connectivity index (χ2n) is 5.70. The van der Waals surface area contributed by atoms with Crippen molar-refractivity contribution in [3.63, 3.8) is 0 Å². The molecule has 12 heteroatoms. The fourth-order valence-electron chi connectivity index (χ4n) is 2.33. The molecule has 1 aliphatic rings. The van der Waals surface area contributed by atoms with Gasteiger partial charge >= 0.3 is 6.03 Å². The summed E-state index contributed by atoms with van der Waals surface area (Å²) in [5, 5.41) is 7.25. The molecular weight excluding hydrogens is 360 g/mol. The Balaban J connectivity index is 1.95.